The fourth-order valence-corrected chi connectivity index (χ4v) is 4.50. The van der Waals surface area contributed by atoms with Crippen LogP contribution in [0.5, 0.6) is 0 Å². The first-order valence-corrected chi connectivity index (χ1v) is 10.5. The topological polar surface area (TPSA) is 55.2 Å². The van der Waals surface area contributed by atoms with E-state index in [4.69, 9.17) is 5.10 Å². The summed E-state index contributed by atoms with van der Waals surface area (Å²) in [6, 6.07) is 20.2. The molecule has 0 N–H and O–H groups in total. The first-order chi connectivity index (χ1) is 12.6. The van der Waals surface area contributed by atoms with Crippen molar-refractivity contribution in [1.29, 1.82) is 0 Å². The summed E-state index contributed by atoms with van der Waals surface area (Å²) in [7, 11) is -2.87. The number of hydrogen-bond donors (Lipinski definition) is 0. The van der Waals surface area contributed by atoms with Crippen molar-refractivity contribution in [3.05, 3.63) is 72.4 Å². The zero-order chi connectivity index (χ0) is 18.0. The van der Waals surface area contributed by atoms with Crippen LogP contribution >= 0.6 is 0 Å². The lowest BCUT2D eigenvalue weighted by atomic mass is 10.1. The number of aromatic nitrogens is 2. The van der Waals surface area contributed by atoms with Crippen molar-refractivity contribution in [2.45, 2.75) is 6.54 Å². The molecule has 2 heterocycles. The molecule has 0 amide bonds. The van der Waals surface area contributed by atoms with Crippen LogP contribution in [0.1, 0.15) is 5.56 Å². The average Bonchev–Trinajstić information content (AvgIpc) is 3.09. The standard InChI is InChI=1S/C20H21N3O2S/c24-26(25)13-11-22(12-14-26)15-18-16-23(19-9-5-2-6-10-19)21-20(18)17-7-3-1-4-8-17/h1-10,16H,11-15H2. The largest absolute Gasteiger partial charge is 0.297 e. The van der Waals surface area contributed by atoms with Gasteiger partial charge >= 0.3 is 0 Å². The van der Waals surface area contributed by atoms with E-state index in [1.165, 1.54) is 0 Å². The normalized spacial score (nSPS) is 17.2. The Labute approximate surface area is 153 Å². The van der Waals surface area contributed by atoms with E-state index in [0.29, 0.717) is 19.6 Å². The highest BCUT2D eigenvalue weighted by molar-refractivity contribution is 7.91. The fraction of sp³-hybridized carbons (Fsp3) is 0.250. The lowest BCUT2D eigenvalue weighted by Gasteiger charge is -2.26. The molecular weight excluding hydrogens is 346 g/mol. The van der Waals surface area contributed by atoms with Crippen molar-refractivity contribution < 1.29 is 8.42 Å². The number of rotatable bonds is 4. The molecule has 5 nitrogen and oxygen atoms in total. The molecule has 1 aliphatic heterocycles. The number of para-hydroxylation sites is 1. The van der Waals surface area contributed by atoms with Gasteiger partial charge in [-0.2, -0.15) is 5.10 Å². The third kappa shape index (κ3) is 3.71. The Hall–Kier alpha value is -2.44. The lowest BCUT2D eigenvalue weighted by molar-refractivity contribution is 0.288. The number of hydrogen-bond acceptors (Lipinski definition) is 4. The molecule has 0 atom stereocenters. The maximum Gasteiger partial charge on any atom is 0.152 e. The van der Waals surface area contributed by atoms with E-state index in [9.17, 15) is 8.42 Å². The Morgan fingerprint density at radius 2 is 1.50 bits per heavy atom. The van der Waals surface area contributed by atoms with Crippen LogP contribution in [0.3, 0.4) is 0 Å². The van der Waals surface area contributed by atoms with Gasteiger partial charge in [0, 0.05) is 37.0 Å². The summed E-state index contributed by atoms with van der Waals surface area (Å²) in [5, 5.41) is 4.82. The Morgan fingerprint density at radius 3 is 2.15 bits per heavy atom. The van der Waals surface area contributed by atoms with Gasteiger partial charge < -0.3 is 0 Å². The summed E-state index contributed by atoms with van der Waals surface area (Å²) in [5.74, 6) is 0.473. The van der Waals surface area contributed by atoms with E-state index < -0.39 is 9.84 Å². The summed E-state index contributed by atoms with van der Waals surface area (Å²) >= 11 is 0. The molecule has 0 bridgehead atoms. The molecule has 3 aromatic rings. The van der Waals surface area contributed by atoms with Gasteiger partial charge in [-0.3, -0.25) is 4.90 Å². The third-order valence-electron chi connectivity index (χ3n) is 4.69. The van der Waals surface area contributed by atoms with E-state index in [0.717, 1.165) is 22.5 Å². The molecule has 0 aliphatic carbocycles. The Morgan fingerprint density at radius 1 is 0.885 bits per heavy atom. The molecule has 1 aromatic heterocycles. The molecule has 0 unspecified atom stereocenters. The van der Waals surface area contributed by atoms with Gasteiger partial charge in [-0.05, 0) is 12.1 Å². The smallest absolute Gasteiger partial charge is 0.152 e. The van der Waals surface area contributed by atoms with Gasteiger partial charge in [-0.1, -0.05) is 48.5 Å². The SMILES string of the molecule is O=S1(=O)CCN(Cc2cn(-c3ccccc3)nc2-c2ccccc2)CC1. The van der Waals surface area contributed by atoms with Crippen LogP contribution in [0.15, 0.2) is 66.9 Å². The Bertz CT molecular complexity index is 968. The molecule has 0 radical (unpaired) electrons. The molecule has 4 rings (SSSR count). The highest BCUT2D eigenvalue weighted by Gasteiger charge is 2.23. The molecule has 26 heavy (non-hydrogen) atoms. The van der Waals surface area contributed by atoms with Gasteiger partial charge in [0.25, 0.3) is 0 Å². The van der Waals surface area contributed by atoms with Crippen LogP contribution in [0, 0.1) is 0 Å². The first-order valence-electron chi connectivity index (χ1n) is 8.73. The van der Waals surface area contributed by atoms with Crippen molar-refractivity contribution in [2.24, 2.45) is 0 Å². The van der Waals surface area contributed by atoms with Crippen LogP contribution < -0.4 is 0 Å². The summed E-state index contributed by atoms with van der Waals surface area (Å²) < 4.78 is 25.3. The van der Waals surface area contributed by atoms with Crippen LogP contribution in [-0.4, -0.2) is 47.7 Å². The minimum atomic E-state index is -2.87. The summed E-state index contributed by atoms with van der Waals surface area (Å²) in [6.45, 7) is 1.85. The van der Waals surface area contributed by atoms with Crippen molar-refractivity contribution >= 4 is 9.84 Å². The molecule has 2 aromatic carbocycles. The van der Waals surface area contributed by atoms with Crippen LogP contribution in [0.4, 0.5) is 0 Å². The molecule has 0 spiro atoms. The minimum Gasteiger partial charge on any atom is -0.297 e. The molecule has 1 saturated heterocycles. The third-order valence-corrected chi connectivity index (χ3v) is 6.30. The highest BCUT2D eigenvalue weighted by atomic mass is 32.2. The summed E-state index contributed by atoms with van der Waals surface area (Å²) in [5.41, 5.74) is 4.14. The van der Waals surface area contributed by atoms with Crippen LogP contribution in [0.25, 0.3) is 16.9 Å². The van der Waals surface area contributed by atoms with E-state index in [2.05, 4.69) is 23.2 Å². The minimum absolute atomic E-state index is 0.237. The van der Waals surface area contributed by atoms with Crippen molar-refractivity contribution in [3.8, 4) is 16.9 Å². The van der Waals surface area contributed by atoms with Gasteiger partial charge in [-0.15, -0.1) is 0 Å². The van der Waals surface area contributed by atoms with Gasteiger partial charge in [0.15, 0.2) is 9.84 Å². The average molecular weight is 367 g/mol. The molecule has 0 saturated carbocycles. The number of sulfone groups is 1. The Kier molecular flexibility index (Phi) is 4.61. The second-order valence-electron chi connectivity index (χ2n) is 6.58. The maximum atomic E-state index is 11.7. The quantitative estimate of drug-likeness (QED) is 0.712. The van der Waals surface area contributed by atoms with Crippen LogP contribution in [-0.2, 0) is 16.4 Å². The first kappa shape index (κ1) is 17.0. The van der Waals surface area contributed by atoms with E-state index in [1.54, 1.807) is 0 Å². The molecule has 1 fully saturated rings. The summed E-state index contributed by atoms with van der Waals surface area (Å²) in [4.78, 5) is 2.19. The second-order valence-corrected chi connectivity index (χ2v) is 8.88. The Balaban J connectivity index is 1.67. The van der Waals surface area contributed by atoms with Crippen molar-refractivity contribution in [1.82, 2.24) is 14.7 Å². The molecule has 134 valence electrons. The predicted molar refractivity (Wildman–Crippen MR) is 103 cm³/mol. The van der Waals surface area contributed by atoms with Gasteiger partial charge in [0.2, 0.25) is 0 Å². The van der Waals surface area contributed by atoms with E-state index >= 15 is 0 Å². The van der Waals surface area contributed by atoms with Gasteiger partial charge in [0.1, 0.15) is 0 Å². The van der Waals surface area contributed by atoms with Gasteiger partial charge in [-0.25, -0.2) is 13.1 Å². The predicted octanol–water partition coefficient (Wildman–Crippen LogP) is 2.77. The second kappa shape index (κ2) is 7.05. The molecule has 1 aliphatic rings. The lowest BCUT2D eigenvalue weighted by Crippen LogP contribution is -2.39. The summed E-state index contributed by atoms with van der Waals surface area (Å²) in [6.07, 6.45) is 2.06. The number of nitrogens with zero attached hydrogens (tertiary/aromatic N) is 3. The molecular formula is C20H21N3O2S. The monoisotopic (exact) mass is 367 g/mol. The number of benzene rings is 2. The molecule has 6 heteroatoms. The van der Waals surface area contributed by atoms with E-state index in [1.807, 2.05) is 53.2 Å². The van der Waals surface area contributed by atoms with E-state index in [-0.39, 0.29) is 11.5 Å². The van der Waals surface area contributed by atoms with Gasteiger partial charge in [0.05, 0.1) is 22.9 Å². The highest BCUT2D eigenvalue weighted by Crippen LogP contribution is 2.25. The fourth-order valence-electron chi connectivity index (χ4n) is 3.23. The maximum absolute atomic E-state index is 11.7. The van der Waals surface area contributed by atoms with Crippen molar-refractivity contribution in [2.75, 3.05) is 24.6 Å². The van der Waals surface area contributed by atoms with Crippen LogP contribution in [0.2, 0.25) is 0 Å². The zero-order valence-corrected chi connectivity index (χ0v) is 15.3. The zero-order valence-electron chi connectivity index (χ0n) is 14.5. The van der Waals surface area contributed by atoms with Crippen molar-refractivity contribution in [3.63, 3.8) is 0 Å².